The van der Waals surface area contributed by atoms with Crippen LogP contribution in [0, 0.1) is 12.7 Å². The summed E-state index contributed by atoms with van der Waals surface area (Å²) in [4.78, 5) is 4.57. The van der Waals surface area contributed by atoms with E-state index >= 15 is 0 Å². The molecule has 4 rings (SSSR count). The number of aryl methyl sites for hydroxylation is 1. The molecule has 7 heteroatoms. The maximum absolute atomic E-state index is 13.5. The van der Waals surface area contributed by atoms with E-state index in [4.69, 9.17) is 11.6 Å². The van der Waals surface area contributed by atoms with Gasteiger partial charge in [0.1, 0.15) is 12.1 Å². The average Bonchev–Trinajstić information content (AvgIpc) is 3.02. The number of anilines is 2. The highest BCUT2D eigenvalue weighted by Gasteiger charge is 2.12. The third kappa shape index (κ3) is 2.37. The summed E-state index contributed by atoms with van der Waals surface area (Å²) in [5.41, 5.74) is 3.62. The lowest BCUT2D eigenvalue weighted by atomic mass is 10.2. The minimum atomic E-state index is -0.317. The summed E-state index contributed by atoms with van der Waals surface area (Å²) in [6.07, 6.45) is 1.60. The van der Waals surface area contributed by atoms with Gasteiger partial charge < -0.3 is 5.32 Å². The van der Waals surface area contributed by atoms with Gasteiger partial charge >= 0.3 is 0 Å². The lowest BCUT2D eigenvalue weighted by Gasteiger charge is -2.11. The Hall–Kier alpha value is -2.73. The molecular weight excluding hydrogens is 317 g/mol. The van der Waals surface area contributed by atoms with Gasteiger partial charge in [-0.15, -0.1) is 10.2 Å². The fourth-order valence-electron chi connectivity index (χ4n) is 2.47. The molecular formula is C16H11ClFN5. The highest BCUT2D eigenvalue weighted by atomic mass is 35.5. The molecule has 2 heterocycles. The third-order valence-corrected chi connectivity index (χ3v) is 3.88. The Bertz CT molecular complexity index is 1040. The van der Waals surface area contributed by atoms with Crippen LogP contribution < -0.4 is 5.32 Å². The summed E-state index contributed by atoms with van der Waals surface area (Å²) in [5, 5.41) is 11.8. The number of halogens is 2. The molecule has 0 bridgehead atoms. The summed E-state index contributed by atoms with van der Waals surface area (Å²) in [6.45, 7) is 1.89. The van der Waals surface area contributed by atoms with Crippen molar-refractivity contribution in [3.8, 4) is 0 Å². The molecule has 5 nitrogen and oxygen atoms in total. The van der Waals surface area contributed by atoms with E-state index < -0.39 is 0 Å². The standard InChI is InChI=1S/C16H11ClFN5/c1-9-2-4-11(18)7-13(9)21-15-16-22-19-8-23(16)14-6-10(17)3-5-12(14)20-15/h2-8H,1H3,(H,20,21). The lowest BCUT2D eigenvalue weighted by Crippen LogP contribution is -2.01. The minimum absolute atomic E-state index is 0.317. The highest BCUT2D eigenvalue weighted by molar-refractivity contribution is 6.31. The maximum atomic E-state index is 13.5. The van der Waals surface area contributed by atoms with Crippen LogP contribution in [0.4, 0.5) is 15.9 Å². The smallest absolute Gasteiger partial charge is 0.204 e. The predicted molar refractivity (Wildman–Crippen MR) is 87.7 cm³/mol. The summed E-state index contributed by atoms with van der Waals surface area (Å²) >= 11 is 6.05. The number of benzene rings is 2. The number of hydrogen-bond acceptors (Lipinski definition) is 4. The molecule has 2 aromatic carbocycles. The molecule has 1 N–H and O–H groups in total. The molecule has 0 amide bonds. The highest BCUT2D eigenvalue weighted by Crippen LogP contribution is 2.26. The first-order valence-electron chi connectivity index (χ1n) is 6.94. The van der Waals surface area contributed by atoms with E-state index in [9.17, 15) is 4.39 Å². The number of hydrogen-bond donors (Lipinski definition) is 1. The first kappa shape index (κ1) is 13.9. The molecule has 0 spiro atoms. The van der Waals surface area contributed by atoms with Gasteiger partial charge in [-0.1, -0.05) is 17.7 Å². The summed E-state index contributed by atoms with van der Waals surface area (Å²) in [6, 6.07) is 9.95. The quantitative estimate of drug-likeness (QED) is 0.601. The molecule has 114 valence electrons. The lowest BCUT2D eigenvalue weighted by molar-refractivity contribution is 0.628. The molecule has 4 aromatic rings. The van der Waals surface area contributed by atoms with E-state index in [1.165, 1.54) is 12.1 Å². The van der Waals surface area contributed by atoms with Crippen molar-refractivity contribution >= 4 is 39.8 Å². The molecule has 0 aliphatic rings. The van der Waals surface area contributed by atoms with Gasteiger partial charge in [-0.25, -0.2) is 9.37 Å². The monoisotopic (exact) mass is 327 g/mol. The van der Waals surface area contributed by atoms with Crippen molar-refractivity contribution in [2.75, 3.05) is 5.32 Å². The topological polar surface area (TPSA) is 55.1 Å². The molecule has 0 fully saturated rings. The van der Waals surface area contributed by atoms with Gasteiger partial charge in [-0.05, 0) is 42.8 Å². The Kier molecular flexibility index (Phi) is 3.12. The summed E-state index contributed by atoms with van der Waals surface area (Å²) in [5.74, 6) is 0.189. The Morgan fingerprint density at radius 2 is 2.04 bits per heavy atom. The van der Waals surface area contributed by atoms with Gasteiger partial charge in [0.15, 0.2) is 5.82 Å². The van der Waals surface area contributed by atoms with Gasteiger partial charge in [0.05, 0.1) is 11.0 Å². The van der Waals surface area contributed by atoms with Crippen LogP contribution in [0.3, 0.4) is 0 Å². The molecule has 0 unspecified atom stereocenters. The zero-order valence-electron chi connectivity index (χ0n) is 12.1. The Balaban J connectivity index is 1.93. The molecule has 0 aliphatic carbocycles. The van der Waals surface area contributed by atoms with Crippen molar-refractivity contribution < 1.29 is 4.39 Å². The summed E-state index contributed by atoms with van der Waals surface area (Å²) in [7, 11) is 0. The van der Waals surface area contributed by atoms with Crippen molar-refractivity contribution in [2.24, 2.45) is 0 Å². The third-order valence-electron chi connectivity index (χ3n) is 3.64. The normalized spacial score (nSPS) is 11.3. The molecule has 23 heavy (non-hydrogen) atoms. The van der Waals surface area contributed by atoms with Gasteiger partial charge in [0, 0.05) is 10.7 Å². The minimum Gasteiger partial charge on any atom is -0.337 e. The second-order valence-electron chi connectivity index (χ2n) is 5.20. The number of nitrogens with one attached hydrogen (secondary N) is 1. The van der Waals surface area contributed by atoms with E-state index in [2.05, 4.69) is 20.5 Å². The Morgan fingerprint density at radius 3 is 2.91 bits per heavy atom. The maximum Gasteiger partial charge on any atom is 0.204 e. The van der Waals surface area contributed by atoms with E-state index in [0.29, 0.717) is 22.2 Å². The van der Waals surface area contributed by atoms with E-state index in [1.54, 1.807) is 28.9 Å². The first-order chi connectivity index (χ1) is 11.1. The van der Waals surface area contributed by atoms with Gasteiger partial charge in [-0.3, -0.25) is 4.40 Å². The number of aromatic nitrogens is 4. The SMILES string of the molecule is Cc1ccc(F)cc1Nc1nc2ccc(Cl)cc2n2cnnc12. The zero-order chi connectivity index (χ0) is 16.0. The summed E-state index contributed by atoms with van der Waals surface area (Å²) < 4.78 is 15.3. The van der Waals surface area contributed by atoms with E-state index in [0.717, 1.165) is 16.6 Å². The van der Waals surface area contributed by atoms with E-state index in [1.807, 2.05) is 13.0 Å². The van der Waals surface area contributed by atoms with Crippen LogP contribution in [0.1, 0.15) is 5.56 Å². The van der Waals surface area contributed by atoms with E-state index in [-0.39, 0.29) is 5.82 Å². The molecule has 0 aliphatic heterocycles. The molecule has 0 radical (unpaired) electrons. The Labute approximate surface area is 135 Å². The van der Waals surface area contributed by atoms with Crippen molar-refractivity contribution in [3.05, 3.63) is 59.1 Å². The van der Waals surface area contributed by atoms with Crippen LogP contribution in [-0.2, 0) is 0 Å². The number of nitrogens with zero attached hydrogens (tertiary/aromatic N) is 4. The first-order valence-corrected chi connectivity index (χ1v) is 7.32. The van der Waals surface area contributed by atoms with Crippen LogP contribution in [0.15, 0.2) is 42.7 Å². The van der Waals surface area contributed by atoms with Crippen LogP contribution >= 0.6 is 11.6 Å². The Morgan fingerprint density at radius 1 is 1.17 bits per heavy atom. The number of fused-ring (bicyclic) bond motifs is 3. The molecule has 0 atom stereocenters. The second kappa shape index (κ2) is 5.17. The van der Waals surface area contributed by atoms with Crippen LogP contribution in [-0.4, -0.2) is 19.6 Å². The van der Waals surface area contributed by atoms with Gasteiger partial charge in [0.2, 0.25) is 5.65 Å². The molecule has 2 aromatic heterocycles. The van der Waals surface area contributed by atoms with Crippen molar-refractivity contribution in [3.63, 3.8) is 0 Å². The fraction of sp³-hybridized carbons (Fsp3) is 0.0625. The molecule has 0 saturated heterocycles. The van der Waals surface area contributed by atoms with Gasteiger partial charge in [-0.2, -0.15) is 0 Å². The van der Waals surface area contributed by atoms with Crippen LogP contribution in [0.25, 0.3) is 16.7 Å². The van der Waals surface area contributed by atoms with Gasteiger partial charge in [0.25, 0.3) is 0 Å². The average molecular weight is 328 g/mol. The van der Waals surface area contributed by atoms with Crippen molar-refractivity contribution in [2.45, 2.75) is 6.92 Å². The molecule has 0 saturated carbocycles. The van der Waals surface area contributed by atoms with Crippen LogP contribution in [0.2, 0.25) is 5.02 Å². The van der Waals surface area contributed by atoms with Crippen molar-refractivity contribution in [1.29, 1.82) is 0 Å². The number of rotatable bonds is 2. The second-order valence-corrected chi connectivity index (χ2v) is 5.64. The largest absolute Gasteiger partial charge is 0.337 e. The predicted octanol–water partition coefficient (Wildman–Crippen LogP) is 4.12. The van der Waals surface area contributed by atoms with Crippen LogP contribution in [0.5, 0.6) is 0 Å². The zero-order valence-corrected chi connectivity index (χ0v) is 12.8. The fourth-order valence-corrected chi connectivity index (χ4v) is 2.63. The van der Waals surface area contributed by atoms with Crippen molar-refractivity contribution in [1.82, 2.24) is 19.6 Å².